The summed E-state index contributed by atoms with van der Waals surface area (Å²) in [4.78, 5) is 15.0. The van der Waals surface area contributed by atoms with Crippen molar-refractivity contribution in [2.75, 3.05) is 11.1 Å². The molecule has 18 heavy (non-hydrogen) atoms. The fraction of sp³-hybridized carbons (Fsp3) is 0. The number of halogens is 1. The van der Waals surface area contributed by atoms with Gasteiger partial charge in [-0.3, -0.25) is 9.78 Å². The molecule has 2 aromatic rings. The Morgan fingerprint density at radius 1 is 1.33 bits per heavy atom. The minimum absolute atomic E-state index is 0.235. The molecule has 0 radical (unpaired) electrons. The molecule has 0 bridgehead atoms. The molecule has 5 nitrogen and oxygen atoms in total. The number of anilines is 3. The van der Waals surface area contributed by atoms with Crippen LogP contribution in [0.2, 0.25) is 0 Å². The van der Waals surface area contributed by atoms with Crippen LogP contribution >= 0.6 is 0 Å². The van der Waals surface area contributed by atoms with E-state index in [2.05, 4.69) is 10.3 Å². The fourth-order valence-corrected chi connectivity index (χ4v) is 1.54. The highest BCUT2D eigenvalue weighted by atomic mass is 19.1. The zero-order valence-electron chi connectivity index (χ0n) is 9.35. The van der Waals surface area contributed by atoms with Crippen LogP contribution in [0.25, 0.3) is 0 Å². The Hall–Kier alpha value is -2.63. The van der Waals surface area contributed by atoms with Gasteiger partial charge in [-0.15, -0.1) is 0 Å². The lowest BCUT2D eigenvalue weighted by Crippen LogP contribution is -2.14. The molecular formula is C12H11FN4O. The summed E-state index contributed by atoms with van der Waals surface area (Å²) in [6, 6.07) is 6.00. The number of rotatable bonds is 3. The van der Waals surface area contributed by atoms with Crippen LogP contribution in [0.3, 0.4) is 0 Å². The number of carbonyl (C=O) groups excluding carboxylic acids is 1. The van der Waals surface area contributed by atoms with Crippen LogP contribution in [0.15, 0.2) is 36.7 Å². The van der Waals surface area contributed by atoms with Gasteiger partial charge in [0.05, 0.1) is 35.0 Å². The third kappa shape index (κ3) is 2.37. The van der Waals surface area contributed by atoms with Gasteiger partial charge in [0.2, 0.25) is 0 Å². The summed E-state index contributed by atoms with van der Waals surface area (Å²) in [7, 11) is 0. The average molecular weight is 246 g/mol. The molecule has 0 saturated heterocycles. The first-order valence-electron chi connectivity index (χ1n) is 5.14. The molecular weight excluding hydrogens is 235 g/mol. The maximum atomic E-state index is 13.0. The maximum absolute atomic E-state index is 13.0. The lowest BCUT2D eigenvalue weighted by molar-refractivity contribution is 0.100. The van der Waals surface area contributed by atoms with E-state index in [1.807, 2.05) is 0 Å². The second-order valence-corrected chi connectivity index (χ2v) is 3.65. The number of hydrogen-bond donors (Lipinski definition) is 3. The first-order chi connectivity index (χ1) is 8.58. The Labute approximate surface area is 103 Å². The maximum Gasteiger partial charge on any atom is 0.250 e. The smallest absolute Gasteiger partial charge is 0.250 e. The van der Waals surface area contributed by atoms with E-state index in [1.165, 1.54) is 18.3 Å². The summed E-state index contributed by atoms with van der Waals surface area (Å²) in [5, 5.41) is 2.83. The fourth-order valence-electron chi connectivity index (χ4n) is 1.54. The van der Waals surface area contributed by atoms with E-state index in [4.69, 9.17) is 11.5 Å². The van der Waals surface area contributed by atoms with Crippen LogP contribution in [0.1, 0.15) is 10.4 Å². The summed E-state index contributed by atoms with van der Waals surface area (Å²) >= 11 is 0. The van der Waals surface area contributed by atoms with E-state index in [0.717, 1.165) is 6.20 Å². The zero-order chi connectivity index (χ0) is 13.1. The van der Waals surface area contributed by atoms with Gasteiger partial charge in [0.1, 0.15) is 5.82 Å². The Kier molecular flexibility index (Phi) is 3.09. The Morgan fingerprint density at radius 3 is 2.78 bits per heavy atom. The molecule has 0 unspecified atom stereocenters. The van der Waals surface area contributed by atoms with Gasteiger partial charge >= 0.3 is 0 Å². The van der Waals surface area contributed by atoms with E-state index < -0.39 is 11.7 Å². The topological polar surface area (TPSA) is 94.0 Å². The monoisotopic (exact) mass is 246 g/mol. The summed E-state index contributed by atoms with van der Waals surface area (Å²) < 4.78 is 13.0. The highest BCUT2D eigenvalue weighted by Gasteiger charge is 2.11. The lowest BCUT2D eigenvalue weighted by Gasteiger charge is -2.12. The lowest BCUT2D eigenvalue weighted by atomic mass is 10.1. The number of nitrogens with zero attached hydrogens (tertiary/aromatic N) is 1. The number of pyridine rings is 1. The van der Waals surface area contributed by atoms with E-state index >= 15 is 0 Å². The number of aromatic nitrogens is 1. The first kappa shape index (κ1) is 11.8. The highest BCUT2D eigenvalue weighted by Crippen LogP contribution is 2.26. The van der Waals surface area contributed by atoms with Gasteiger partial charge in [0.15, 0.2) is 0 Å². The summed E-state index contributed by atoms with van der Waals surface area (Å²) in [5.41, 5.74) is 12.3. The number of hydrogen-bond acceptors (Lipinski definition) is 4. The van der Waals surface area contributed by atoms with Gasteiger partial charge in [-0.05, 0) is 12.1 Å². The second kappa shape index (κ2) is 4.70. The van der Waals surface area contributed by atoms with Crippen molar-refractivity contribution in [3.8, 4) is 0 Å². The molecule has 0 aliphatic carbocycles. The predicted molar refractivity (Wildman–Crippen MR) is 66.8 cm³/mol. The van der Waals surface area contributed by atoms with E-state index in [1.54, 1.807) is 12.1 Å². The van der Waals surface area contributed by atoms with Crippen LogP contribution in [0, 0.1) is 5.82 Å². The number of primary amides is 1. The molecule has 0 spiro atoms. The van der Waals surface area contributed by atoms with Crippen molar-refractivity contribution in [2.45, 2.75) is 0 Å². The van der Waals surface area contributed by atoms with E-state index in [9.17, 15) is 9.18 Å². The molecule has 0 atom stereocenters. The molecule has 92 valence electrons. The zero-order valence-corrected chi connectivity index (χ0v) is 9.35. The van der Waals surface area contributed by atoms with Crippen LogP contribution in [0.5, 0.6) is 0 Å². The van der Waals surface area contributed by atoms with Crippen molar-refractivity contribution in [2.24, 2.45) is 5.73 Å². The predicted octanol–water partition coefficient (Wildman–Crippen LogP) is 1.65. The Bertz CT molecular complexity index is 600. The minimum atomic E-state index is -0.617. The minimum Gasteiger partial charge on any atom is -0.397 e. The molecule has 2 rings (SSSR count). The standard InChI is InChI=1S/C12H11FN4O/c13-7-4-8(6-16-5-7)17-11-9(12(15)18)2-1-3-10(11)14/h1-6,17H,14H2,(H2,15,18). The van der Waals surface area contributed by atoms with Gasteiger partial charge in [-0.1, -0.05) is 6.07 Å². The van der Waals surface area contributed by atoms with E-state index in [-0.39, 0.29) is 5.56 Å². The third-order valence-corrected chi connectivity index (χ3v) is 2.34. The molecule has 0 aliphatic rings. The first-order valence-corrected chi connectivity index (χ1v) is 5.14. The molecule has 5 N–H and O–H groups in total. The van der Waals surface area contributed by atoms with E-state index in [0.29, 0.717) is 17.1 Å². The molecule has 0 saturated carbocycles. The Balaban J connectivity index is 2.42. The average Bonchev–Trinajstić information content (AvgIpc) is 2.31. The van der Waals surface area contributed by atoms with Crippen LogP contribution in [0.4, 0.5) is 21.5 Å². The second-order valence-electron chi connectivity index (χ2n) is 3.65. The van der Waals surface area contributed by atoms with Gasteiger partial charge in [-0.25, -0.2) is 4.39 Å². The van der Waals surface area contributed by atoms with Crippen molar-refractivity contribution in [3.05, 3.63) is 48.0 Å². The van der Waals surface area contributed by atoms with Gasteiger partial charge in [0, 0.05) is 6.07 Å². The number of benzene rings is 1. The number of carbonyl (C=O) groups is 1. The number of nitrogens with one attached hydrogen (secondary N) is 1. The van der Waals surface area contributed by atoms with Gasteiger partial charge < -0.3 is 16.8 Å². The van der Waals surface area contributed by atoms with Gasteiger partial charge in [-0.2, -0.15) is 0 Å². The number of nitrogen functional groups attached to an aromatic ring is 1. The van der Waals surface area contributed by atoms with Crippen molar-refractivity contribution >= 4 is 23.0 Å². The summed E-state index contributed by atoms with van der Waals surface area (Å²) in [5.74, 6) is -1.11. The normalized spacial score (nSPS) is 10.1. The Morgan fingerprint density at radius 2 is 2.11 bits per heavy atom. The quantitative estimate of drug-likeness (QED) is 0.717. The van der Waals surface area contributed by atoms with Crippen LogP contribution in [-0.2, 0) is 0 Å². The number of amides is 1. The molecule has 1 aromatic heterocycles. The molecule has 6 heteroatoms. The molecule has 1 heterocycles. The molecule has 1 amide bonds. The SMILES string of the molecule is NC(=O)c1cccc(N)c1Nc1cncc(F)c1. The van der Waals surface area contributed by atoms with Gasteiger partial charge in [0.25, 0.3) is 5.91 Å². The summed E-state index contributed by atoms with van der Waals surface area (Å²) in [6.07, 6.45) is 2.49. The highest BCUT2D eigenvalue weighted by molar-refractivity contribution is 6.02. The number of para-hydroxylation sites is 1. The molecule has 1 aromatic carbocycles. The van der Waals surface area contributed by atoms with Crippen molar-refractivity contribution < 1.29 is 9.18 Å². The van der Waals surface area contributed by atoms with Crippen molar-refractivity contribution in [1.29, 1.82) is 0 Å². The molecule has 0 aliphatic heterocycles. The van der Waals surface area contributed by atoms with Crippen molar-refractivity contribution in [3.63, 3.8) is 0 Å². The van der Waals surface area contributed by atoms with Crippen LogP contribution in [-0.4, -0.2) is 10.9 Å². The van der Waals surface area contributed by atoms with Crippen molar-refractivity contribution in [1.82, 2.24) is 4.98 Å². The van der Waals surface area contributed by atoms with Crippen LogP contribution < -0.4 is 16.8 Å². The molecule has 0 fully saturated rings. The third-order valence-electron chi connectivity index (χ3n) is 2.34. The number of nitrogens with two attached hydrogens (primary N) is 2. The largest absolute Gasteiger partial charge is 0.397 e. The summed E-state index contributed by atoms with van der Waals surface area (Å²) in [6.45, 7) is 0.